The van der Waals surface area contributed by atoms with Gasteiger partial charge in [-0.15, -0.1) is 12.4 Å². The average molecular weight is 332 g/mol. The minimum Gasteiger partial charge on any atom is -0.353 e. The summed E-state index contributed by atoms with van der Waals surface area (Å²) in [6.07, 6.45) is 6.85. The average Bonchev–Trinajstić information content (AvgIpc) is 3.14. The summed E-state index contributed by atoms with van der Waals surface area (Å²) in [5.41, 5.74) is 5.52. The lowest BCUT2D eigenvalue weighted by Crippen LogP contribution is -2.54. The van der Waals surface area contributed by atoms with Crippen LogP contribution in [0.1, 0.15) is 58.8 Å². The lowest BCUT2D eigenvalue weighted by molar-refractivity contribution is -0.126. The molecule has 5 nitrogen and oxygen atoms in total. The highest BCUT2D eigenvalue weighted by molar-refractivity contribution is 5.85. The SMILES string of the molecule is CC(CC(=O)NC(C)(CN)C1CC1)NC(=O)C1CCCC1.Cl. The Labute approximate surface area is 139 Å². The quantitative estimate of drug-likeness (QED) is 0.664. The van der Waals surface area contributed by atoms with Crippen LogP contribution < -0.4 is 16.4 Å². The van der Waals surface area contributed by atoms with Crippen molar-refractivity contribution in [1.82, 2.24) is 10.6 Å². The third kappa shape index (κ3) is 5.13. The van der Waals surface area contributed by atoms with Crippen molar-refractivity contribution in [3.05, 3.63) is 0 Å². The molecule has 6 heteroatoms. The Morgan fingerprint density at radius 2 is 1.82 bits per heavy atom. The molecule has 22 heavy (non-hydrogen) atoms. The second-order valence-electron chi connectivity index (χ2n) is 7.04. The maximum atomic E-state index is 12.1. The van der Waals surface area contributed by atoms with Crippen LogP contribution in [0.15, 0.2) is 0 Å². The highest BCUT2D eigenvalue weighted by Crippen LogP contribution is 2.39. The number of hydrogen-bond acceptors (Lipinski definition) is 3. The first-order chi connectivity index (χ1) is 9.94. The maximum absolute atomic E-state index is 12.1. The molecule has 2 atom stereocenters. The number of nitrogens with one attached hydrogen (secondary N) is 2. The minimum atomic E-state index is -0.285. The molecule has 2 unspecified atom stereocenters. The number of amides is 2. The molecule has 0 spiro atoms. The fraction of sp³-hybridized carbons (Fsp3) is 0.875. The zero-order valence-corrected chi connectivity index (χ0v) is 14.5. The summed E-state index contributed by atoms with van der Waals surface area (Å²) in [5, 5.41) is 6.03. The van der Waals surface area contributed by atoms with E-state index < -0.39 is 0 Å². The van der Waals surface area contributed by atoms with Gasteiger partial charge in [0.15, 0.2) is 0 Å². The highest BCUT2D eigenvalue weighted by Gasteiger charge is 2.41. The Morgan fingerprint density at radius 3 is 2.32 bits per heavy atom. The largest absolute Gasteiger partial charge is 0.353 e. The topological polar surface area (TPSA) is 84.2 Å². The predicted molar refractivity (Wildman–Crippen MR) is 89.8 cm³/mol. The van der Waals surface area contributed by atoms with Crippen molar-refractivity contribution >= 4 is 24.2 Å². The van der Waals surface area contributed by atoms with E-state index in [-0.39, 0.29) is 41.7 Å². The van der Waals surface area contributed by atoms with E-state index >= 15 is 0 Å². The number of carbonyl (C=O) groups excluding carboxylic acids is 2. The Morgan fingerprint density at radius 1 is 1.23 bits per heavy atom. The third-order valence-corrected chi connectivity index (χ3v) is 4.93. The maximum Gasteiger partial charge on any atom is 0.223 e. The summed E-state index contributed by atoms with van der Waals surface area (Å²) >= 11 is 0. The molecule has 2 aliphatic rings. The molecule has 0 saturated heterocycles. The molecule has 2 amide bonds. The van der Waals surface area contributed by atoms with Crippen LogP contribution in [0.2, 0.25) is 0 Å². The van der Waals surface area contributed by atoms with Gasteiger partial charge in [-0.3, -0.25) is 9.59 Å². The number of carbonyl (C=O) groups is 2. The van der Waals surface area contributed by atoms with Gasteiger partial charge in [0.25, 0.3) is 0 Å². The molecule has 0 aromatic carbocycles. The van der Waals surface area contributed by atoms with Crippen LogP contribution in [0.25, 0.3) is 0 Å². The number of rotatable bonds is 7. The van der Waals surface area contributed by atoms with Gasteiger partial charge in [0, 0.05) is 24.9 Å². The molecule has 2 saturated carbocycles. The summed E-state index contributed by atoms with van der Waals surface area (Å²) in [7, 11) is 0. The number of hydrogen-bond donors (Lipinski definition) is 3. The third-order valence-electron chi connectivity index (χ3n) is 4.93. The van der Waals surface area contributed by atoms with Gasteiger partial charge in [-0.05, 0) is 45.4 Å². The number of nitrogens with two attached hydrogens (primary N) is 1. The van der Waals surface area contributed by atoms with Gasteiger partial charge in [0.1, 0.15) is 0 Å². The van der Waals surface area contributed by atoms with E-state index in [1.165, 1.54) is 0 Å². The van der Waals surface area contributed by atoms with Crippen LogP contribution in [-0.4, -0.2) is 29.9 Å². The smallest absolute Gasteiger partial charge is 0.223 e. The van der Waals surface area contributed by atoms with E-state index in [2.05, 4.69) is 10.6 Å². The summed E-state index contributed by atoms with van der Waals surface area (Å²) < 4.78 is 0. The van der Waals surface area contributed by atoms with Gasteiger partial charge in [-0.1, -0.05) is 12.8 Å². The van der Waals surface area contributed by atoms with Crippen molar-refractivity contribution in [1.29, 1.82) is 0 Å². The van der Waals surface area contributed by atoms with Crippen LogP contribution in [0.3, 0.4) is 0 Å². The molecule has 0 heterocycles. The molecule has 0 bridgehead atoms. The summed E-state index contributed by atoms with van der Waals surface area (Å²) in [5.74, 6) is 0.747. The fourth-order valence-electron chi connectivity index (χ4n) is 3.29. The lowest BCUT2D eigenvalue weighted by Gasteiger charge is -2.30. The second kappa shape index (κ2) is 8.16. The van der Waals surface area contributed by atoms with Crippen LogP contribution in [0.4, 0.5) is 0 Å². The second-order valence-corrected chi connectivity index (χ2v) is 7.04. The molecule has 0 aromatic rings. The van der Waals surface area contributed by atoms with Crippen molar-refractivity contribution in [3.63, 3.8) is 0 Å². The van der Waals surface area contributed by atoms with Crippen LogP contribution in [0.5, 0.6) is 0 Å². The zero-order chi connectivity index (χ0) is 15.5. The van der Waals surface area contributed by atoms with Gasteiger partial charge in [-0.2, -0.15) is 0 Å². The highest BCUT2D eigenvalue weighted by atomic mass is 35.5. The van der Waals surface area contributed by atoms with Crippen molar-refractivity contribution in [3.8, 4) is 0 Å². The molecule has 0 aromatic heterocycles. The Bertz CT molecular complexity index is 395. The zero-order valence-electron chi connectivity index (χ0n) is 13.7. The number of halogens is 1. The van der Waals surface area contributed by atoms with Crippen molar-refractivity contribution in [2.24, 2.45) is 17.6 Å². The predicted octanol–water partition coefficient (Wildman–Crippen LogP) is 1.74. The van der Waals surface area contributed by atoms with Gasteiger partial charge >= 0.3 is 0 Å². The van der Waals surface area contributed by atoms with E-state index in [1.807, 2.05) is 13.8 Å². The van der Waals surface area contributed by atoms with Crippen LogP contribution in [-0.2, 0) is 9.59 Å². The minimum absolute atomic E-state index is 0. The lowest BCUT2D eigenvalue weighted by atomic mass is 9.95. The van der Waals surface area contributed by atoms with E-state index in [1.54, 1.807) is 0 Å². The van der Waals surface area contributed by atoms with Crippen molar-refractivity contribution < 1.29 is 9.59 Å². The van der Waals surface area contributed by atoms with Gasteiger partial charge in [0.2, 0.25) is 11.8 Å². The molecule has 4 N–H and O–H groups in total. The normalized spacial score (nSPS) is 22.3. The molecule has 2 rings (SSSR count). The van der Waals surface area contributed by atoms with E-state index in [0.717, 1.165) is 38.5 Å². The Hall–Kier alpha value is -0.810. The van der Waals surface area contributed by atoms with Gasteiger partial charge < -0.3 is 16.4 Å². The van der Waals surface area contributed by atoms with Crippen LogP contribution >= 0.6 is 12.4 Å². The summed E-state index contributed by atoms with van der Waals surface area (Å²) in [6.45, 7) is 4.37. The first-order valence-electron chi connectivity index (χ1n) is 8.26. The van der Waals surface area contributed by atoms with E-state index in [0.29, 0.717) is 18.9 Å². The summed E-state index contributed by atoms with van der Waals surface area (Å²) in [4.78, 5) is 24.2. The summed E-state index contributed by atoms with van der Waals surface area (Å²) in [6, 6.07) is -0.126. The van der Waals surface area contributed by atoms with Gasteiger partial charge in [-0.25, -0.2) is 0 Å². The molecule has 0 radical (unpaired) electrons. The van der Waals surface area contributed by atoms with E-state index in [4.69, 9.17) is 5.73 Å². The molecule has 128 valence electrons. The standard InChI is InChI=1S/C16H29N3O2.ClH/c1-11(18-15(21)12-5-3-4-6-12)9-14(20)19-16(2,10-17)13-7-8-13;/h11-13H,3-10,17H2,1-2H3,(H,18,21)(H,19,20);1H. The van der Waals surface area contributed by atoms with Gasteiger partial charge in [0.05, 0.1) is 5.54 Å². The van der Waals surface area contributed by atoms with Crippen molar-refractivity contribution in [2.45, 2.75) is 70.4 Å². The first kappa shape index (κ1) is 19.2. The Kier molecular flexibility index (Phi) is 7.13. The fourth-order valence-corrected chi connectivity index (χ4v) is 3.29. The molecular weight excluding hydrogens is 302 g/mol. The first-order valence-corrected chi connectivity index (χ1v) is 8.26. The Balaban J connectivity index is 0.00000242. The molecule has 2 fully saturated rings. The molecule has 0 aliphatic heterocycles. The van der Waals surface area contributed by atoms with Crippen LogP contribution in [0, 0.1) is 11.8 Å². The monoisotopic (exact) mass is 331 g/mol. The molecule has 2 aliphatic carbocycles. The molecular formula is C16H30ClN3O2. The van der Waals surface area contributed by atoms with E-state index in [9.17, 15) is 9.59 Å². The van der Waals surface area contributed by atoms with Crippen molar-refractivity contribution in [2.75, 3.05) is 6.54 Å².